The molecule has 0 radical (unpaired) electrons. The highest BCUT2D eigenvalue weighted by atomic mass is 15.1. The van der Waals surface area contributed by atoms with Gasteiger partial charge in [-0.05, 0) is 14.1 Å². The molecule has 0 aliphatic rings. The highest BCUT2D eigenvalue weighted by molar-refractivity contribution is 4.80. The maximum absolute atomic E-state index is 3.58. The summed E-state index contributed by atoms with van der Waals surface area (Å²) in [5.41, 5.74) is 0. The minimum Gasteiger partial charge on any atom is -0.302 e. The molecule has 42 valence electrons. The van der Waals surface area contributed by atoms with Crippen LogP contribution in [0.1, 0.15) is 0 Å². The van der Waals surface area contributed by atoms with E-state index in [1.807, 2.05) is 14.1 Å². The van der Waals surface area contributed by atoms with E-state index in [4.69, 9.17) is 0 Å². The Bertz CT molecular complexity index is 48.0. The van der Waals surface area contributed by atoms with Crippen molar-refractivity contribution < 1.29 is 0 Å². The minimum absolute atomic E-state index is 0.250. The molecule has 2 N–H and O–H groups in total. The van der Waals surface area contributed by atoms with E-state index in [2.05, 4.69) is 17.2 Å². The lowest BCUT2D eigenvalue weighted by atomic mass is 10.5. The second-order valence-corrected chi connectivity index (χ2v) is 1.29. The van der Waals surface area contributed by atoms with Crippen molar-refractivity contribution in [3.63, 3.8) is 0 Å². The summed E-state index contributed by atoms with van der Waals surface area (Å²) in [4.78, 5) is 0. The maximum atomic E-state index is 3.58. The SMILES string of the molecule is C=CC(NC)NC. The first-order valence-corrected chi connectivity index (χ1v) is 2.32. The highest BCUT2D eigenvalue weighted by Gasteiger charge is 1.88. The molecule has 0 saturated carbocycles. The van der Waals surface area contributed by atoms with Gasteiger partial charge in [-0.2, -0.15) is 0 Å². The molecular weight excluding hydrogens is 88.1 g/mol. The van der Waals surface area contributed by atoms with Crippen molar-refractivity contribution >= 4 is 0 Å². The van der Waals surface area contributed by atoms with E-state index in [0.29, 0.717) is 0 Å². The lowest BCUT2D eigenvalue weighted by Crippen LogP contribution is -2.35. The van der Waals surface area contributed by atoms with Crippen molar-refractivity contribution in [1.82, 2.24) is 10.6 Å². The first kappa shape index (κ1) is 6.66. The van der Waals surface area contributed by atoms with Crippen LogP contribution in [0.2, 0.25) is 0 Å². The summed E-state index contributed by atoms with van der Waals surface area (Å²) in [6, 6.07) is 0. The van der Waals surface area contributed by atoms with E-state index in [0.717, 1.165) is 0 Å². The molecule has 0 atom stereocenters. The largest absolute Gasteiger partial charge is 0.302 e. The molecule has 2 nitrogen and oxygen atoms in total. The molecule has 0 aromatic heterocycles. The summed E-state index contributed by atoms with van der Waals surface area (Å²) < 4.78 is 0. The molecule has 0 amide bonds. The molecule has 7 heavy (non-hydrogen) atoms. The van der Waals surface area contributed by atoms with Gasteiger partial charge in [-0.15, -0.1) is 6.58 Å². The van der Waals surface area contributed by atoms with E-state index in [1.165, 1.54) is 0 Å². The Kier molecular flexibility index (Phi) is 3.65. The Hall–Kier alpha value is -0.340. The van der Waals surface area contributed by atoms with Gasteiger partial charge in [0.05, 0.1) is 6.17 Å². The molecule has 0 unspecified atom stereocenters. The predicted molar refractivity (Wildman–Crippen MR) is 32.1 cm³/mol. The van der Waals surface area contributed by atoms with Crippen molar-refractivity contribution in [2.45, 2.75) is 6.17 Å². The van der Waals surface area contributed by atoms with Crippen molar-refractivity contribution in [3.05, 3.63) is 12.7 Å². The second kappa shape index (κ2) is 3.84. The fourth-order valence-corrected chi connectivity index (χ4v) is 0.380. The van der Waals surface area contributed by atoms with Crippen LogP contribution in [0.25, 0.3) is 0 Å². The van der Waals surface area contributed by atoms with Crippen LogP contribution in [0.4, 0.5) is 0 Å². The fourth-order valence-electron chi connectivity index (χ4n) is 0.380. The van der Waals surface area contributed by atoms with Gasteiger partial charge in [-0.1, -0.05) is 6.08 Å². The minimum atomic E-state index is 0.250. The van der Waals surface area contributed by atoms with Crippen molar-refractivity contribution in [3.8, 4) is 0 Å². The van der Waals surface area contributed by atoms with Gasteiger partial charge in [0.25, 0.3) is 0 Å². The molecule has 0 aromatic carbocycles. The van der Waals surface area contributed by atoms with E-state index in [1.54, 1.807) is 6.08 Å². The lowest BCUT2D eigenvalue weighted by molar-refractivity contribution is 0.589. The maximum Gasteiger partial charge on any atom is 0.0756 e. The molecule has 0 spiro atoms. The second-order valence-electron chi connectivity index (χ2n) is 1.29. The van der Waals surface area contributed by atoms with Gasteiger partial charge in [0.1, 0.15) is 0 Å². The summed E-state index contributed by atoms with van der Waals surface area (Å²) in [5, 5.41) is 5.94. The van der Waals surface area contributed by atoms with E-state index in [9.17, 15) is 0 Å². The van der Waals surface area contributed by atoms with Gasteiger partial charge in [0.2, 0.25) is 0 Å². The zero-order valence-corrected chi connectivity index (χ0v) is 4.86. The van der Waals surface area contributed by atoms with Gasteiger partial charge in [0.15, 0.2) is 0 Å². The third-order valence-electron chi connectivity index (χ3n) is 0.858. The van der Waals surface area contributed by atoms with Crippen LogP contribution in [-0.2, 0) is 0 Å². The lowest BCUT2D eigenvalue weighted by Gasteiger charge is -2.06. The Labute approximate surface area is 44.6 Å². The van der Waals surface area contributed by atoms with Crippen LogP contribution >= 0.6 is 0 Å². The highest BCUT2D eigenvalue weighted by Crippen LogP contribution is 1.69. The zero-order valence-electron chi connectivity index (χ0n) is 4.86. The predicted octanol–water partition coefficient (Wildman–Crippen LogP) is -0.0627. The molecule has 0 aliphatic heterocycles. The Morgan fingerprint density at radius 3 is 1.86 bits per heavy atom. The molecule has 0 aromatic rings. The molecule has 0 aliphatic carbocycles. The van der Waals surface area contributed by atoms with Crippen LogP contribution in [0.5, 0.6) is 0 Å². The average molecular weight is 100 g/mol. The Morgan fingerprint density at radius 2 is 1.86 bits per heavy atom. The molecule has 0 bridgehead atoms. The summed E-state index contributed by atoms with van der Waals surface area (Å²) in [7, 11) is 3.76. The molecule has 0 heterocycles. The molecule has 2 heteroatoms. The Balaban J connectivity index is 3.16. The van der Waals surface area contributed by atoms with Crippen LogP contribution in [-0.4, -0.2) is 20.3 Å². The van der Waals surface area contributed by atoms with Crippen molar-refractivity contribution in [2.24, 2.45) is 0 Å². The topological polar surface area (TPSA) is 24.1 Å². The Morgan fingerprint density at radius 1 is 1.43 bits per heavy atom. The van der Waals surface area contributed by atoms with E-state index < -0.39 is 0 Å². The number of hydrogen-bond donors (Lipinski definition) is 2. The summed E-state index contributed by atoms with van der Waals surface area (Å²) in [5.74, 6) is 0. The van der Waals surface area contributed by atoms with E-state index >= 15 is 0 Å². The van der Waals surface area contributed by atoms with Crippen LogP contribution in [0, 0.1) is 0 Å². The molecule has 0 saturated heterocycles. The monoisotopic (exact) mass is 100 g/mol. The third kappa shape index (κ3) is 2.37. The number of nitrogens with one attached hydrogen (secondary N) is 2. The van der Waals surface area contributed by atoms with Crippen molar-refractivity contribution in [1.29, 1.82) is 0 Å². The van der Waals surface area contributed by atoms with E-state index in [-0.39, 0.29) is 6.17 Å². The quantitative estimate of drug-likeness (QED) is 0.383. The zero-order chi connectivity index (χ0) is 5.70. The average Bonchev–Trinajstić information content (AvgIpc) is 1.72. The first-order chi connectivity index (χ1) is 3.35. The van der Waals surface area contributed by atoms with Crippen LogP contribution < -0.4 is 10.6 Å². The van der Waals surface area contributed by atoms with Crippen LogP contribution in [0.3, 0.4) is 0 Å². The summed E-state index contributed by atoms with van der Waals surface area (Å²) in [6.45, 7) is 3.58. The van der Waals surface area contributed by atoms with Crippen molar-refractivity contribution in [2.75, 3.05) is 14.1 Å². The smallest absolute Gasteiger partial charge is 0.0756 e. The van der Waals surface area contributed by atoms with Gasteiger partial charge < -0.3 is 10.6 Å². The summed E-state index contributed by atoms with van der Waals surface area (Å²) in [6.07, 6.45) is 2.06. The first-order valence-electron chi connectivity index (χ1n) is 2.32. The van der Waals surface area contributed by atoms with Gasteiger partial charge in [0, 0.05) is 0 Å². The van der Waals surface area contributed by atoms with Crippen LogP contribution in [0.15, 0.2) is 12.7 Å². The fraction of sp³-hybridized carbons (Fsp3) is 0.600. The third-order valence-corrected chi connectivity index (χ3v) is 0.858. The molecule has 0 fully saturated rings. The molecule has 0 rings (SSSR count). The standard InChI is InChI=1S/C5H12N2/c1-4-5(6-2)7-3/h4-7H,1H2,2-3H3. The summed E-state index contributed by atoms with van der Waals surface area (Å²) >= 11 is 0. The van der Waals surface area contributed by atoms with Gasteiger partial charge in [-0.25, -0.2) is 0 Å². The number of hydrogen-bond acceptors (Lipinski definition) is 2. The number of rotatable bonds is 3. The van der Waals surface area contributed by atoms with Gasteiger partial charge >= 0.3 is 0 Å². The molecular formula is C5H12N2. The van der Waals surface area contributed by atoms with Gasteiger partial charge in [-0.3, -0.25) is 0 Å². The number of likely N-dealkylation sites (N-methyl/N-ethyl adjacent to an activating group) is 2. The normalized spacial score (nSPS) is 9.57.